The van der Waals surface area contributed by atoms with E-state index < -0.39 is 23.5 Å². The maximum atomic E-state index is 13.4. The summed E-state index contributed by atoms with van der Waals surface area (Å²) >= 11 is 0. The van der Waals surface area contributed by atoms with E-state index in [0.29, 0.717) is 17.2 Å². The number of carbonyl (C=O) groups excluding carboxylic acids is 2. The largest absolute Gasteiger partial charge is 0.497 e. The number of fused-ring (bicyclic) bond motifs is 1. The standard InChI is InChI=1S/C23H22N2O5/c1-4-14-23(15-24)20(26)18-8-6-7-9-19(18)30-21(23)25(22(27)29-5-2)16-10-12-17(28-3)13-11-16/h4,6-13,21H,1,5,14H2,2-3H3/t21-,23+/m1/s1. The van der Waals surface area contributed by atoms with Gasteiger partial charge in [-0.3, -0.25) is 4.79 Å². The molecule has 0 saturated carbocycles. The van der Waals surface area contributed by atoms with E-state index in [4.69, 9.17) is 14.2 Å². The van der Waals surface area contributed by atoms with Crippen LogP contribution in [0.2, 0.25) is 0 Å². The van der Waals surface area contributed by atoms with Gasteiger partial charge in [0, 0.05) is 0 Å². The Morgan fingerprint density at radius 3 is 2.60 bits per heavy atom. The Labute approximate surface area is 175 Å². The van der Waals surface area contributed by atoms with Crippen molar-refractivity contribution in [1.29, 1.82) is 5.26 Å². The van der Waals surface area contributed by atoms with Gasteiger partial charge in [0.15, 0.2) is 11.2 Å². The number of ketones is 1. The number of anilines is 1. The Balaban J connectivity index is 2.20. The molecule has 1 heterocycles. The number of amides is 1. The van der Waals surface area contributed by atoms with E-state index in [-0.39, 0.29) is 18.6 Å². The molecule has 0 radical (unpaired) electrons. The SMILES string of the molecule is C=CC[C@]1(C#N)C(=O)c2ccccc2O[C@H]1N(C(=O)OCC)c1ccc(OC)cc1. The molecule has 0 aliphatic carbocycles. The van der Waals surface area contributed by atoms with Crippen molar-refractivity contribution in [3.63, 3.8) is 0 Å². The van der Waals surface area contributed by atoms with E-state index in [1.807, 2.05) is 0 Å². The zero-order chi connectivity index (χ0) is 21.7. The van der Waals surface area contributed by atoms with E-state index in [1.165, 1.54) is 18.1 Å². The Bertz CT molecular complexity index is 995. The van der Waals surface area contributed by atoms with Crippen molar-refractivity contribution in [3.8, 4) is 17.6 Å². The first-order valence-electron chi connectivity index (χ1n) is 9.45. The quantitative estimate of drug-likeness (QED) is 0.663. The van der Waals surface area contributed by atoms with Crippen molar-refractivity contribution >= 4 is 17.6 Å². The van der Waals surface area contributed by atoms with Gasteiger partial charge in [0.05, 0.1) is 31.0 Å². The number of benzene rings is 2. The van der Waals surface area contributed by atoms with Gasteiger partial charge in [-0.05, 0) is 49.7 Å². The zero-order valence-corrected chi connectivity index (χ0v) is 16.8. The lowest BCUT2D eigenvalue weighted by molar-refractivity contribution is 0.0440. The minimum absolute atomic E-state index is 0.00655. The van der Waals surface area contributed by atoms with Gasteiger partial charge in [0.1, 0.15) is 11.5 Å². The van der Waals surface area contributed by atoms with Gasteiger partial charge in [-0.25, -0.2) is 9.69 Å². The van der Waals surface area contributed by atoms with Crippen LogP contribution in [0.25, 0.3) is 0 Å². The Morgan fingerprint density at radius 2 is 2.00 bits per heavy atom. The van der Waals surface area contributed by atoms with Crippen LogP contribution in [0.1, 0.15) is 23.7 Å². The highest BCUT2D eigenvalue weighted by Gasteiger charge is 2.55. The maximum absolute atomic E-state index is 13.4. The fourth-order valence-electron chi connectivity index (χ4n) is 3.45. The zero-order valence-electron chi connectivity index (χ0n) is 16.8. The van der Waals surface area contributed by atoms with Gasteiger partial charge in [0.25, 0.3) is 0 Å². The van der Waals surface area contributed by atoms with E-state index in [1.54, 1.807) is 55.5 Å². The number of allylic oxidation sites excluding steroid dienone is 1. The molecule has 0 N–H and O–H groups in total. The molecule has 0 fully saturated rings. The van der Waals surface area contributed by atoms with Crippen LogP contribution >= 0.6 is 0 Å². The first-order valence-corrected chi connectivity index (χ1v) is 9.45. The molecule has 2 aromatic rings. The maximum Gasteiger partial charge on any atom is 0.417 e. The van der Waals surface area contributed by atoms with Crippen molar-refractivity contribution in [2.24, 2.45) is 5.41 Å². The molecule has 1 aliphatic rings. The summed E-state index contributed by atoms with van der Waals surface area (Å²) in [6, 6.07) is 15.4. The van der Waals surface area contributed by atoms with Crippen LogP contribution in [-0.2, 0) is 4.74 Å². The third-order valence-corrected chi connectivity index (χ3v) is 4.91. The summed E-state index contributed by atoms with van der Waals surface area (Å²) < 4.78 is 16.5. The number of para-hydroxylation sites is 1. The number of rotatable bonds is 6. The summed E-state index contributed by atoms with van der Waals surface area (Å²) in [5, 5.41) is 10.1. The average molecular weight is 406 g/mol. The number of methoxy groups -OCH3 is 1. The van der Waals surface area contributed by atoms with E-state index in [0.717, 1.165) is 0 Å². The summed E-state index contributed by atoms with van der Waals surface area (Å²) in [6.07, 6.45) is -0.519. The minimum Gasteiger partial charge on any atom is -0.497 e. The third-order valence-electron chi connectivity index (χ3n) is 4.91. The number of hydrogen-bond donors (Lipinski definition) is 0. The molecule has 2 aromatic carbocycles. The molecular weight excluding hydrogens is 384 g/mol. The molecule has 0 spiro atoms. The summed E-state index contributed by atoms with van der Waals surface area (Å²) in [4.78, 5) is 27.6. The number of nitrogens with zero attached hydrogens (tertiary/aromatic N) is 2. The molecule has 30 heavy (non-hydrogen) atoms. The van der Waals surface area contributed by atoms with Crippen LogP contribution in [0.15, 0.2) is 61.2 Å². The summed E-state index contributed by atoms with van der Waals surface area (Å²) in [5.41, 5.74) is -1.01. The highest BCUT2D eigenvalue weighted by Crippen LogP contribution is 2.44. The lowest BCUT2D eigenvalue weighted by Crippen LogP contribution is -2.59. The molecule has 0 saturated heterocycles. The summed E-state index contributed by atoms with van der Waals surface area (Å²) in [7, 11) is 1.53. The Kier molecular flexibility index (Phi) is 6.07. The first kappa shape index (κ1) is 20.9. The third kappa shape index (κ3) is 3.48. The van der Waals surface area contributed by atoms with Crippen LogP contribution in [0.4, 0.5) is 10.5 Å². The molecule has 3 rings (SSSR count). The van der Waals surface area contributed by atoms with Crippen LogP contribution in [-0.4, -0.2) is 31.8 Å². The molecule has 1 amide bonds. The predicted molar refractivity (Wildman–Crippen MR) is 111 cm³/mol. The summed E-state index contributed by atoms with van der Waals surface area (Å²) in [5.74, 6) is 0.455. The lowest BCUT2D eigenvalue weighted by Gasteiger charge is -2.42. The highest BCUT2D eigenvalue weighted by molar-refractivity contribution is 6.07. The number of ether oxygens (including phenoxy) is 3. The van der Waals surface area contributed by atoms with Gasteiger partial charge in [-0.1, -0.05) is 18.2 Å². The van der Waals surface area contributed by atoms with E-state index >= 15 is 0 Å². The fourth-order valence-corrected chi connectivity index (χ4v) is 3.45. The first-order chi connectivity index (χ1) is 14.5. The van der Waals surface area contributed by atoms with Gasteiger partial charge in [0.2, 0.25) is 6.23 Å². The number of nitriles is 1. The topological polar surface area (TPSA) is 88.9 Å². The second-order valence-electron chi connectivity index (χ2n) is 6.64. The van der Waals surface area contributed by atoms with E-state index in [2.05, 4.69) is 12.6 Å². The molecule has 2 atom stereocenters. The average Bonchev–Trinajstić information content (AvgIpc) is 2.77. The van der Waals surface area contributed by atoms with Gasteiger partial charge in [-0.2, -0.15) is 5.26 Å². The molecule has 0 aromatic heterocycles. The number of carbonyl (C=O) groups is 2. The fraction of sp³-hybridized carbons (Fsp3) is 0.261. The summed E-state index contributed by atoms with van der Waals surface area (Å²) in [6.45, 7) is 5.49. The molecule has 0 unspecified atom stereocenters. The lowest BCUT2D eigenvalue weighted by atomic mass is 9.74. The van der Waals surface area contributed by atoms with Crippen molar-refractivity contribution in [3.05, 3.63) is 66.7 Å². The smallest absolute Gasteiger partial charge is 0.417 e. The van der Waals surface area contributed by atoms with Crippen LogP contribution in [0, 0.1) is 16.7 Å². The monoisotopic (exact) mass is 406 g/mol. The second kappa shape index (κ2) is 8.70. The highest BCUT2D eigenvalue weighted by atomic mass is 16.6. The number of hydrogen-bond acceptors (Lipinski definition) is 6. The Morgan fingerprint density at radius 1 is 1.30 bits per heavy atom. The molecule has 154 valence electrons. The van der Waals surface area contributed by atoms with Gasteiger partial charge >= 0.3 is 6.09 Å². The van der Waals surface area contributed by atoms with Gasteiger partial charge in [-0.15, -0.1) is 6.58 Å². The predicted octanol–water partition coefficient (Wildman–Crippen LogP) is 4.35. The normalized spacial score (nSPS) is 19.6. The van der Waals surface area contributed by atoms with Crippen LogP contribution in [0.3, 0.4) is 0 Å². The minimum atomic E-state index is -1.69. The Hall–Kier alpha value is -3.79. The molecule has 7 heteroatoms. The molecule has 0 bridgehead atoms. The van der Waals surface area contributed by atoms with Crippen molar-refractivity contribution in [1.82, 2.24) is 0 Å². The van der Waals surface area contributed by atoms with E-state index in [9.17, 15) is 14.9 Å². The van der Waals surface area contributed by atoms with Gasteiger partial charge < -0.3 is 14.2 Å². The molecule has 7 nitrogen and oxygen atoms in total. The van der Waals surface area contributed by atoms with Crippen molar-refractivity contribution < 1.29 is 23.8 Å². The van der Waals surface area contributed by atoms with Crippen molar-refractivity contribution in [2.75, 3.05) is 18.6 Å². The number of Topliss-reactive ketones (excluding diaryl/α,β-unsaturated/α-hetero) is 1. The van der Waals surface area contributed by atoms with Crippen LogP contribution < -0.4 is 14.4 Å². The van der Waals surface area contributed by atoms with Crippen LogP contribution in [0.5, 0.6) is 11.5 Å². The molecule has 1 aliphatic heterocycles. The van der Waals surface area contributed by atoms with Crippen molar-refractivity contribution in [2.45, 2.75) is 19.6 Å². The second-order valence-corrected chi connectivity index (χ2v) is 6.64. The molecular formula is C23H22N2O5.